The summed E-state index contributed by atoms with van der Waals surface area (Å²) in [7, 11) is 0. The number of carbonyl (C=O) groups is 1. The van der Waals surface area contributed by atoms with Crippen molar-refractivity contribution in [1.29, 1.82) is 0 Å². The Morgan fingerprint density at radius 1 is 1.32 bits per heavy atom. The maximum absolute atomic E-state index is 12.3. The first-order valence-corrected chi connectivity index (χ1v) is 7.37. The number of hydrogen-bond donors (Lipinski definition) is 0. The zero-order valence-corrected chi connectivity index (χ0v) is 13.9. The van der Waals surface area contributed by atoms with Gasteiger partial charge in [0.15, 0.2) is 5.82 Å². The summed E-state index contributed by atoms with van der Waals surface area (Å²) in [5.74, 6) is -0.936. The van der Waals surface area contributed by atoms with Crippen molar-refractivity contribution in [3.8, 4) is 17.1 Å². The molecule has 25 heavy (non-hydrogen) atoms. The van der Waals surface area contributed by atoms with Gasteiger partial charge < -0.3 is 9.47 Å². The molecular weight excluding hydrogens is 363 g/mol. The van der Waals surface area contributed by atoms with Crippen LogP contribution in [0.25, 0.3) is 17.6 Å². The van der Waals surface area contributed by atoms with Crippen LogP contribution in [-0.4, -0.2) is 33.2 Å². The van der Waals surface area contributed by atoms with Crippen LogP contribution in [0, 0.1) is 0 Å². The zero-order chi connectivity index (χ0) is 18.6. The van der Waals surface area contributed by atoms with Gasteiger partial charge in [-0.3, -0.25) is 0 Å². The maximum atomic E-state index is 12.3. The lowest BCUT2D eigenvalue weighted by atomic mass is 10.2. The Labute approximate surface area is 145 Å². The van der Waals surface area contributed by atoms with E-state index in [1.165, 1.54) is 23.3 Å². The number of esters is 1. The highest BCUT2D eigenvalue weighted by Gasteiger charge is 2.31. The molecule has 0 amide bonds. The predicted molar refractivity (Wildman–Crippen MR) is 83.7 cm³/mol. The number of alkyl halides is 3. The normalized spacial score (nSPS) is 12.0. The zero-order valence-electron chi connectivity index (χ0n) is 13.1. The average molecular weight is 376 g/mol. The van der Waals surface area contributed by atoms with Crippen LogP contribution in [0.3, 0.4) is 0 Å². The lowest BCUT2D eigenvalue weighted by Gasteiger charge is -2.09. The highest BCUT2D eigenvalue weighted by Crippen LogP contribution is 2.30. The average Bonchev–Trinajstić information content (AvgIpc) is 2.90. The highest BCUT2D eigenvalue weighted by molar-refractivity contribution is 6.31. The Kier molecular flexibility index (Phi) is 5.68. The van der Waals surface area contributed by atoms with E-state index in [2.05, 4.69) is 14.8 Å². The van der Waals surface area contributed by atoms with Crippen LogP contribution >= 0.6 is 11.6 Å². The molecule has 0 atom stereocenters. The van der Waals surface area contributed by atoms with E-state index in [4.69, 9.17) is 16.3 Å². The number of carbonyl (C=O) groups excluding carboxylic acids is 1. The first-order valence-electron chi connectivity index (χ1n) is 6.99. The Balaban J connectivity index is 2.19. The van der Waals surface area contributed by atoms with E-state index in [1.807, 2.05) is 0 Å². The molecule has 0 aliphatic rings. The first-order chi connectivity index (χ1) is 11.6. The fraction of sp³-hybridized carbons (Fsp3) is 0.267. The number of ether oxygens (including phenoxy) is 2. The molecule has 0 spiro atoms. The van der Waals surface area contributed by atoms with Gasteiger partial charge in [0.25, 0.3) is 0 Å². The molecule has 0 aliphatic carbocycles. The molecule has 0 fully saturated rings. The number of aromatic nitrogens is 3. The molecule has 1 aromatic heterocycles. The number of halogens is 4. The second-order valence-electron chi connectivity index (χ2n) is 5.07. The summed E-state index contributed by atoms with van der Waals surface area (Å²) < 4.78 is 46.9. The summed E-state index contributed by atoms with van der Waals surface area (Å²) in [6.07, 6.45) is -1.37. The van der Waals surface area contributed by atoms with Gasteiger partial charge in [-0.05, 0) is 32.0 Å². The Bertz CT molecular complexity index is 788. The minimum atomic E-state index is -4.84. The molecule has 2 aromatic rings. The molecule has 0 N–H and O–H groups in total. The molecule has 0 radical (unpaired) electrons. The van der Waals surface area contributed by atoms with Gasteiger partial charge in [-0.1, -0.05) is 11.6 Å². The molecule has 0 saturated heterocycles. The van der Waals surface area contributed by atoms with Crippen LogP contribution < -0.4 is 4.74 Å². The standard InChI is InChI=1S/C15H13ClF3N3O3/c1-9(2)24-13(23)3-4-22-8-20-14(21-22)10-5-11(16)7-12(6-10)25-15(17,18)19/h3-9H,1-2H3/b4-3-. The van der Waals surface area contributed by atoms with Crippen molar-refractivity contribution in [2.45, 2.75) is 26.3 Å². The molecule has 0 unspecified atom stereocenters. The fourth-order valence-corrected chi connectivity index (χ4v) is 2.00. The van der Waals surface area contributed by atoms with Gasteiger partial charge in [0.05, 0.1) is 6.10 Å². The van der Waals surface area contributed by atoms with Gasteiger partial charge in [0.1, 0.15) is 12.1 Å². The van der Waals surface area contributed by atoms with Crippen LogP contribution in [0.5, 0.6) is 5.75 Å². The van der Waals surface area contributed by atoms with Crippen LogP contribution in [-0.2, 0) is 9.53 Å². The van der Waals surface area contributed by atoms with Crippen molar-refractivity contribution >= 4 is 23.8 Å². The second kappa shape index (κ2) is 7.56. The molecule has 1 heterocycles. The molecule has 0 saturated carbocycles. The molecule has 0 aliphatic heterocycles. The van der Waals surface area contributed by atoms with Crippen molar-refractivity contribution in [3.05, 3.63) is 35.6 Å². The minimum Gasteiger partial charge on any atom is -0.460 e. The SMILES string of the molecule is CC(C)OC(=O)/C=C\n1cnc(-c2cc(Cl)cc(OC(F)(F)F)c2)n1. The number of benzene rings is 1. The monoisotopic (exact) mass is 375 g/mol. The van der Waals surface area contributed by atoms with E-state index in [0.717, 1.165) is 18.2 Å². The third-order valence-corrected chi connectivity index (χ3v) is 2.81. The number of rotatable bonds is 5. The van der Waals surface area contributed by atoms with Gasteiger partial charge in [-0.15, -0.1) is 18.3 Å². The van der Waals surface area contributed by atoms with Gasteiger partial charge in [0, 0.05) is 22.9 Å². The predicted octanol–water partition coefficient (Wildman–Crippen LogP) is 3.92. The molecule has 0 bridgehead atoms. The van der Waals surface area contributed by atoms with Crippen molar-refractivity contribution in [1.82, 2.24) is 14.8 Å². The summed E-state index contributed by atoms with van der Waals surface area (Å²) >= 11 is 5.80. The molecule has 10 heteroatoms. The quantitative estimate of drug-likeness (QED) is 0.585. The molecule has 1 aromatic carbocycles. The van der Waals surface area contributed by atoms with Gasteiger partial charge in [0.2, 0.25) is 0 Å². The smallest absolute Gasteiger partial charge is 0.460 e. The Morgan fingerprint density at radius 3 is 2.68 bits per heavy atom. The summed E-state index contributed by atoms with van der Waals surface area (Å²) in [6.45, 7) is 3.41. The molecule has 2 rings (SSSR count). The highest BCUT2D eigenvalue weighted by atomic mass is 35.5. The minimum absolute atomic E-state index is 0.0316. The second-order valence-corrected chi connectivity index (χ2v) is 5.51. The first kappa shape index (κ1) is 18.8. The summed E-state index contributed by atoms with van der Waals surface area (Å²) in [5, 5.41) is 4.06. The van der Waals surface area contributed by atoms with Crippen molar-refractivity contribution in [3.63, 3.8) is 0 Å². The molecule has 6 nitrogen and oxygen atoms in total. The van der Waals surface area contributed by atoms with Crippen LogP contribution in [0.2, 0.25) is 5.02 Å². The third kappa shape index (κ3) is 6.11. The largest absolute Gasteiger partial charge is 0.573 e. The summed E-state index contributed by atoms with van der Waals surface area (Å²) in [6, 6.07) is 3.52. The van der Waals surface area contributed by atoms with Gasteiger partial charge in [-0.2, -0.15) is 0 Å². The third-order valence-electron chi connectivity index (χ3n) is 2.59. The Hall–Kier alpha value is -2.55. The topological polar surface area (TPSA) is 66.2 Å². The van der Waals surface area contributed by atoms with E-state index in [-0.39, 0.29) is 22.5 Å². The van der Waals surface area contributed by atoms with E-state index in [9.17, 15) is 18.0 Å². The Morgan fingerprint density at radius 2 is 2.04 bits per heavy atom. The fourth-order valence-electron chi connectivity index (χ4n) is 1.77. The summed E-state index contributed by atoms with van der Waals surface area (Å²) in [4.78, 5) is 15.4. The number of nitrogens with zero attached hydrogens (tertiary/aromatic N) is 3. The van der Waals surface area contributed by atoms with E-state index in [1.54, 1.807) is 13.8 Å². The summed E-state index contributed by atoms with van der Waals surface area (Å²) in [5.41, 5.74) is 0.226. The maximum Gasteiger partial charge on any atom is 0.573 e. The van der Waals surface area contributed by atoms with Crippen LogP contribution in [0.4, 0.5) is 13.2 Å². The van der Waals surface area contributed by atoms with E-state index >= 15 is 0 Å². The van der Waals surface area contributed by atoms with Crippen molar-refractivity contribution < 1.29 is 27.4 Å². The van der Waals surface area contributed by atoms with E-state index < -0.39 is 18.1 Å². The molecular formula is C15H13ClF3N3O3. The van der Waals surface area contributed by atoms with Gasteiger partial charge >= 0.3 is 12.3 Å². The van der Waals surface area contributed by atoms with Gasteiger partial charge in [-0.25, -0.2) is 14.5 Å². The van der Waals surface area contributed by atoms with E-state index in [0.29, 0.717) is 0 Å². The van der Waals surface area contributed by atoms with Crippen molar-refractivity contribution in [2.24, 2.45) is 0 Å². The van der Waals surface area contributed by atoms with Crippen molar-refractivity contribution in [2.75, 3.05) is 0 Å². The lowest BCUT2D eigenvalue weighted by molar-refractivity contribution is -0.274. The van der Waals surface area contributed by atoms with Crippen LogP contribution in [0.1, 0.15) is 13.8 Å². The number of hydrogen-bond acceptors (Lipinski definition) is 5. The lowest BCUT2D eigenvalue weighted by Crippen LogP contribution is -2.17. The van der Waals surface area contributed by atoms with Crippen LogP contribution in [0.15, 0.2) is 30.6 Å². The molecule has 134 valence electrons.